The largest absolute Gasteiger partial charge is 0.416 e. The Morgan fingerprint density at radius 3 is 2.32 bits per heavy atom. The van der Waals surface area contributed by atoms with Gasteiger partial charge in [0.15, 0.2) is 9.84 Å². The SMILES string of the molecule is Cc1cc(-c2cc(C(=O)NCc3ccc(S(C)(=O)=O)cc3)c(=O)n(-c3cccc(C(F)(F)F)c3)c2C)n[nH]1. The summed E-state index contributed by atoms with van der Waals surface area (Å²) >= 11 is 0. The monoisotopic (exact) mass is 544 g/mol. The van der Waals surface area contributed by atoms with Gasteiger partial charge >= 0.3 is 6.18 Å². The highest BCUT2D eigenvalue weighted by molar-refractivity contribution is 7.90. The zero-order chi connectivity index (χ0) is 27.8. The first-order valence-corrected chi connectivity index (χ1v) is 13.2. The molecule has 2 aromatic heterocycles. The van der Waals surface area contributed by atoms with Crippen LogP contribution < -0.4 is 10.9 Å². The Balaban J connectivity index is 1.77. The Hall–Kier alpha value is -4.19. The zero-order valence-electron chi connectivity index (χ0n) is 20.6. The van der Waals surface area contributed by atoms with E-state index in [2.05, 4.69) is 15.5 Å². The first-order chi connectivity index (χ1) is 17.8. The summed E-state index contributed by atoms with van der Waals surface area (Å²) < 4.78 is 64.6. The molecule has 0 aliphatic rings. The fourth-order valence-electron chi connectivity index (χ4n) is 3.95. The van der Waals surface area contributed by atoms with E-state index in [0.29, 0.717) is 28.2 Å². The van der Waals surface area contributed by atoms with E-state index in [1.165, 1.54) is 42.5 Å². The van der Waals surface area contributed by atoms with Crippen molar-refractivity contribution in [3.05, 3.63) is 99.1 Å². The van der Waals surface area contributed by atoms with Crippen molar-refractivity contribution in [2.75, 3.05) is 6.26 Å². The van der Waals surface area contributed by atoms with Crippen LogP contribution in [-0.4, -0.2) is 35.3 Å². The number of pyridine rings is 1. The number of alkyl halides is 3. The van der Waals surface area contributed by atoms with E-state index in [4.69, 9.17) is 0 Å². The van der Waals surface area contributed by atoms with Gasteiger partial charge in [0.2, 0.25) is 0 Å². The van der Waals surface area contributed by atoms with Crippen molar-refractivity contribution in [3.63, 3.8) is 0 Å². The van der Waals surface area contributed by atoms with E-state index in [-0.39, 0.29) is 22.7 Å². The number of aromatic nitrogens is 3. The van der Waals surface area contributed by atoms with Gasteiger partial charge in [-0.3, -0.25) is 19.3 Å². The molecular weight excluding hydrogens is 521 g/mol. The number of hydrogen-bond donors (Lipinski definition) is 2. The van der Waals surface area contributed by atoms with Crippen LogP contribution in [0.4, 0.5) is 13.2 Å². The number of H-pyrrole nitrogens is 1. The number of nitrogens with zero attached hydrogens (tertiary/aromatic N) is 2. The van der Waals surface area contributed by atoms with Crippen LogP contribution >= 0.6 is 0 Å². The minimum absolute atomic E-state index is 0.0173. The van der Waals surface area contributed by atoms with Crippen molar-refractivity contribution in [2.24, 2.45) is 0 Å². The lowest BCUT2D eigenvalue weighted by Crippen LogP contribution is -2.33. The lowest BCUT2D eigenvalue weighted by molar-refractivity contribution is -0.137. The highest BCUT2D eigenvalue weighted by atomic mass is 32.2. The molecule has 2 heterocycles. The van der Waals surface area contributed by atoms with Gasteiger partial charge in [0.25, 0.3) is 11.5 Å². The molecule has 0 spiro atoms. The molecule has 2 aromatic carbocycles. The maximum Gasteiger partial charge on any atom is 0.416 e. The number of rotatable bonds is 6. The van der Waals surface area contributed by atoms with Gasteiger partial charge < -0.3 is 5.32 Å². The van der Waals surface area contributed by atoms with Gasteiger partial charge in [0.05, 0.1) is 16.2 Å². The number of benzene rings is 2. The molecule has 0 saturated heterocycles. The molecule has 0 radical (unpaired) electrons. The molecule has 4 aromatic rings. The summed E-state index contributed by atoms with van der Waals surface area (Å²) in [7, 11) is -3.39. The normalized spacial score (nSPS) is 11.9. The van der Waals surface area contributed by atoms with Crippen LogP contribution in [0.15, 0.2) is 70.4 Å². The third-order valence-corrected chi connectivity index (χ3v) is 7.04. The third-order valence-electron chi connectivity index (χ3n) is 5.91. The molecule has 8 nitrogen and oxygen atoms in total. The van der Waals surface area contributed by atoms with Gasteiger partial charge in [-0.1, -0.05) is 18.2 Å². The van der Waals surface area contributed by atoms with E-state index in [9.17, 15) is 31.2 Å². The molecule has 12 heteroatoms. The van der Waals surface area contributed by atoms with Crippen molar-refractivity contribution in [2.45, 2.75) is 31.5 Å². The molecule has 198 valence electrons. The van der Waals surface area contributed by atoms with E-state index in [0.717, 1.165) is 23.0 Å². The molecule has 0 aliphatic carbocycles. The lowest BCUT2D eigenvalue weighted by Gasteiger charge is -2.17. The highest BCUT2D eigenvalue weighted by Crippen LogP contribution is 2.31. The standard InChI is InChI=1S/C26H23F3N4O4S/c1-15-11-23(32-31-15)21-13-22(24(34)30-14-17-7-9-20(10-8-17)38(3,36)37)25(35)33(16(21)2)19-6-4-5-18(12-19)26(27,28)29/h4-13H,14H2,1-3H3,(H,30,34)(H,31,32). The maximum absolute atomic E-state index is 13.5. The first-order valence-electron chi connectivity index (χ1n) is 11.3. The minimum Gasteiger partial charge on any atom is -0.348 e. The molecule has 1 amide bonds. The molecule has 0 fully saturated rings. The van der Waals surface area contributed by atoms with Crippen LogP contribution in [0.1, 0.15) is 32.9 Å². The quantitative estimate of drug-likeness (QED) is 0.378. The number of amides is 1. The molecule has 4 rings (SSSR count). The van der Waals surface area contributed by atoms with Crippen LogP contribution in [0.25, 0.3) is 16.9 Å². The van der Waals surface area contributed by atoms with Crippen LogP contribution in [0, 0.1) is 13.8 Å². The van der Waals surface area contributed by atoms with Gasteiger partial charge in [0, 0.05) is 35.4 Å². The Bertz CT molecular complexity index is 1690. The number of halogens is 3. The van der Waals surface area contributed by atoms with Crippen LogP contribution in [0.5, 0.6) is 0 Å². The second-order valence-corrected chi connectivity index (χ2v) is 10.8. The van der Waals surface area contributed by atoms with Crippen LogP contribution in [0.3, 0.4) is 0 Å². The van der Waals surface area contributed by atoms with Crippen LogP contribution in [0.2, 0.25) is 0 Å². The summed E-state index contributed by atoms with van der Waals surface area (Å²) in [5, 5.41) is 9.59. The maximum atomic E-state index is 13.5. The predicted octanol–water partition coefficient (Wildman–Crippen LogP) is 4.20. The fourth-order valence-corrected chi connectivity index (χ4v) is 4.58. The lowest BCUT2D eigenvalue weighted by atomic mass is 10.0. The summed E-state index contributed by atoms with van der Waals surface area (Å²) in [4.78, 5) is 26.7. The number of carbonyl (C=O) groups excluding carboxylic acids is 1. The molecule has 0 saturated carbocycles. The number of carbonyl (C=O) groups is 1. The summed E-state index contributed by atoms with van der Waals surface area (Å²) in [6, 6.07) is 13.2. The second-order valence-electron chi connectivity index (χ2n) is 8.78. The second kappa shape index (κ2) is 9.93. The molecule has 0 aliphatic heterocycles. The van der Waals surface area contributed by atoms with Gasteiger partial charge in [-0.05, 0) is 61.9 Å². The first kappa shape index (κ1) is 26.9. The van der Waals surface area contributed by atoms with Crippen molar-refractivity contribution in [1.82, 2.24) is 20.1 Å². The van der Waals surface area contributed by atoms with Crippen molar-refractivity contribution < 1.29 is 26.4 Å². The number of sulfone groups is 1. The molecule has 0 unspecified atom stereocenters. The molecule has 0 bridgehead atoms. The average molecular weight is 545 g/mol. The molecule has 2 N–H and O–H groups in total. The molecule has 0 atom stereocenters. The molecule has 38 heavy (non-hydrogen) atoms. The number of aryl methyl sites for hydroxylation is 1. The van der Waals surface area contributed by atoms with Gasteiger partial charge in [-0.15, -0.1) is 0 Å². The minimum atomic E-state index is -4.63. The van der Waals surface area contributed by atoms with E-state index >= 15 is 0 Å². The predicted molar refractivity (Wildman–Crippen MR) is 135 cm³/mol. The Kier molecular flexibility index (Phi) is 7.02. The van der Waals surface area contributed by atoms with E-state index in [1.54, 1.807) is 19.9 Å². The number of aromatic amines is 1. The van der Waals surface area contributed by atoms with Crippen molar-refractivity contribution in [3.8, 4) is 16.9 Å². The highest BCUT2D eigenvalue weighted by Gasteiger charge is 2.31. The third kappa shape index (κ3) is 5.54. The number of hydrogen-bond acceptors (Lipinski definition) is 5. The van der Waals surface area contributed by atoms with Gasteiger partial charge in [0.1, 0.15) is 5.56 Å². The van der Waals surface area contributed by atoms with Crippen molar-refractivity contribution >= 4 is 15.7 Å². The summed E-state index contributed by atoms with van der Waals surface area (Å²) in [5.41, 5.74) is 0.291. The summed E-state index contributed by atoms with van der Waals surface area (Å²) in [6.45, 7) is 3.31. The van der Waals surface area contributed by atoms with Crippen LogP contribution in [-0.2, 0) is 22.6 Å². The number of nitrogens with one attached hydrogen (secondary N) is 2. The summed E-state index contributed by atoms with van der Waals surface area (Å²) in [6.07, 6.45) is -3.55. The van der Waals surface area contributed by atoms with Gasteiger partial charge in [-0.2, -0.15) is 18.3 Å². The summed E-state index contributed by atoms with van der Waals surface area (Å²) in [5.74, 6) is -0.753. The fraction of sp³-hybridized carbons (Fsp3) is 0.192. The van der Waals surface area contributed by atoms with E-state index < -0.39 is 33.0 Å². The van der Waals surface area contributed by atoms with Crippen molar-refractivity contribution in [1.29, 1.82) is 0 Å². The molecular formula is C26H23F3N4O4S. The smallest absolute Gasteiger partial charge is 0.348 e. The topological polar surface area (TPSA) is 114 Å². The van der Waals surface area contributed by atoms with E-state index in [1.807, 2.05) is 0 Å². The Morgan fingerprint density at radius 1 is 1.05 bits per heavy atom. The average Bonchev–Trinajstić information content (AvgIpc) is 3.28. The Labute approximate surface area is 216 Å². The Morgan fingerprint density at radius 2 is 1.74 bits per heavy atom. The van der Waals surface area contributed by atoms with Gasteiger partial charge in [-0.25, -0.2) is 8.42 Å². The zero-order valence-corrected chi connectivity index (χ0v) is 21.4.